The van der Waals surface area contributed by atoms with Crippen LogP contribution < -0.4 is 5.32 Å². The number of amides is 2. The zero-order valence-electron chi connectivity index (χ0n) is 19.3. The van der Waals surface area contributed by atoms with Crippen LogP contribution in [0.1, 0.15) is 43.0 Å². The average molecular weight is 431 g/mol. The molecular formula is C22H34N6O3. The fourth-order valence-electron chi connectivity index (χ4n) is 3.98. The first-order valence-electron chi connectivity index (χ1n) is 11.0. The maximum atomic E-state index is 12.7. The Morgan fingerprint density at radius 1 is 1.16 bits per heavy atom. The first-order valence-corrected chi connectivity index (χ1v) is 11.0. The van der Waals surface area contributed by atoms with Gasteiger partial charge in [-0.05, 0) is 38.7 Å². The maximum absolute atomic E-state index is 12.7. The lowest BCUT2D eigenvalue weighted by Crippen LogP contribution is -2.50. The Morgan fingerprint density at radius 3 is 2.48 bits per heavy atom. The number of hydrogen-bond donors (Lipinski definition) is 1. The second-order valence-corrected chi connectivity index (χ2v) is 8.75. The zero-order chi connectivity index (χ0) is 22.5. The minimum absolute atomic E-state index is 0.127. The first-order chi connectivity index (χ1) is 14.7. The number of carbonyl (C=O) groups excluding carboxylic acids is 2. The van der Waals surface area contributed by atoms with E-state index < -0.39 is 0 Å². The van der Waals surface area contributed by atoms with Crippen molar-refractivity contribution < 1.29 is 14.1 Å². The molecule has 31 heavy (non-hydrogen) atoms. The lowest BCUT2D eigenvalue weighted by molar-refractivity contribution is -0.133. The van der Waals surface area contributed by atoms with Gasteiger partial charge >= 0.3 is 0 Å². The number of piperazine rings is 1. The Balaban J connectivity index is 1.43. The topological polar surface area (TPSA) is 96.5 Å². The summed E-state index contributed by atoms with van der Waals surface area (Å²) in [6, 6.07) is 1.69. The Kier molecular flexibility index (Phi) is 7.48. The third kappa shape index (κ3) is 6.16. The van der Waals surface area contributed by atoms with Crippen molar-refractivity contribution in [3.63, 3.8) is 0 Å². The fourth-order valence-corrected chi connectivity index (χ4v) is 3.98. The van der Waals surface area contributed by atoms with Crippen LogP contribution in [0.15, 0.2) is 10.6 Å². The molecule has 1 saturated heterocycles. The SMILES string of the molecule is Cc1cc(NC(=O)CN2CCN(C(=O)CCc3c(C)nn(CC(C)C)c3C)CC2)no1. The molecule has 0 bridgehead atoms. The number of hydrogen-bond acceptors (Lipinski definition) is 6. The third-order valence-electron chi connectivity index (χ3n) is 5.65. The van der Waals surface area contributed by atoms with Crippen molar-refractivity contribution in [3.8, 4) is 0 Å². The van der Waals surface area contributed by atoms with Crippen LogP contribution in [0.25, 0.3) is 0 Å². The molecule has 0 saturated carbocycles. The summed E-state index contributed by atoms with van der Waals surface area (Å²) in [6.45, 7) is 14.1. The van der Waals surface area contributed by atoms with Crippen molar-refractivity contribution >= 4 is 17.6 Å². The Morgan fingerprint density at radius 2 is 1.87 bits per heavy atom. The number of nitrogens with one attached hydrogen (secondary N) is 1. The lowest BCUT2D eigenvalue weighted by Gasteiger charge is -2.34. The van der Waals surface area contributed by atoms with Crippen molar-refractivity contribution in [3.05, 3.63) is 28.8 Å². The van der Waals surface area contributed by atoms with Crippen molar-refractivity contribution in [2.45, 2.75) is 54.0 Å². The summed E-state index contributed by atoms with van der Waals surface area (Å²) in [5.74, 6) is 1.65. The van der Waals surface area contributed by atoms with Gasteiger partial charge in [-0.15, -0.1) is 0 Å². The molecule has 2 aromatic heterocycles. The van der Waals surface area contributed by atoms with Gasteiger partial charge in [0, 0.05) is 50.9 Å². The smallest absolute Gasteiger partial charge is 0.239 e. The van der Waals surface area contributed by atoms with Gasteiger partial charge in [-0.25, -0.2) is 0 Å². The summed E-state index contributed by atoms with van der Waals surface area (Å²) in [7, 11) is 0. The van der Waals surface area contributed by atoms with Gasteiger partial charge in [-0.3, -0.25) is 19.2 Å². The third-order valence-corrected chi connectivity index (χ3v) is 5.65. The quantitative estimate of drug-likeness (QED) is 0.689. The molecule has 9 heteroatoms. The molecular weight excluding hydrogens is 396 g/mol. The Hall–Kier alpha value is -2.68. The van der Waals surface area contributed by atoms with Crippen LogP contribution in [-0.4, -0.2) is 69.3 Å². The van der Waals surface area contributed by atoms with E-state index in [9.17, 15) is 9.59 Å². The summed E-state index contributed by atoms with van der Waals surface area (Å²) < 4.78 is 7.02. The summed E-state index contributed by atoms with van der Waals surface area (Å²) >= 11 is 0. The van der Waals surface area contributed by atoms with Crippen LogP contribution in [0.5, 0.6) is 0 Å². The van der Waals surface area contributed by atoms with Crippen LogP contribution in [0, 0.1) is 26.7 Å². The fraction of sp³-hybridized carbons (Fsp3) is 0.636. The second-order valence-electron chi connectivity index (χ2n) is 8.75. The van der Waals surface area contributed by atoms with E-state index >= 15 is 0 Å². The first kappa shape index (κ1) is 23.0. The van der Waals surface area contributed by atoms with Gasteiger partial charge in [0.1, 0.15) is 5.76 Å². The van der Waals surface area contributed by atoms with Gasteiger partial charge in [0.2, 0.25) is 11.8 Å². The van der Waals surface area contributed by atoms with Gasteiger partial charge in [0.05, 0.1) is 12.2 Å². The highest BCUT2D eigenvalue weighted by molar-refractivity contribution is 5.91. The molecule has 0 aliphatic carbocycles. The lowest BCUT2D eigenvalue weighted by atomic mass is 10.1. The molecule has 3 rings (SSSR count). The molecule has 3 heterocycles. The van der Waals surface area contributed by atoms with E-state index in [-0.39, 0.29) is 18.4 Å². The molecule has 170 valence electrons. The molecule has 9 nitrogen and oxygen atoms in total. The molecule has 0 atom stereocenters. The molecule has 0 spiro atoms. The molecule has 0 aromatic carbocycles. The van der Waals surface area contributed by atoms with Gasteiger partial charge < -0.3 is 14.7 Å². The highest BCUT2D eigenvalue weighted by atomic mass is 16.5. The van der Waals surface area contributed by atoms with Crippen molar-refractivity contribution in [1.82, 2.24) is 24.7 Å². The van der Waals surface area contributed by atoms with Crippen LogP contribution in [0.4, 0.5) is 5.82 Å². The average Bonchev–Trinajstić information content (AvgIpc) is 3.22. The van der Waals surface area contributed by atoms with E-state index in [1.54, 1.807) is 13.0 Å². The van der Waals surface area contributed by atoms with Gasteiger partial charge in [0.25, 0.3) is 0 Å². The van der Waals surface area contributed by atoms with E-state index in [0.29, 0.717) is 56.5 Å². The zero-order valence-corrected chi connectivity index (χ0v) is 19.3. The van der Waals surface area contributed by atoms with E-state index in [1.165, 1.54) is 5.56 Å². The number of rotatable bonds is 8. The van der Waals surface area contributed by atoms with Crippen molar-refractivity contribution in [2.24, 2.45) is 5.92 Å². The van der Waals surface area contributed by atoms with Gasteiger partial charge in [-0.1, -0.05) is 19.0 Å². The predicted octanol–water partition coefficient (Wildman–Crippen LogP) is 2.17. The van der Waals surface area contributed by atoms with Gasteiger partial charge in [0.15, 0.2) is 5.82 Å². The summed E-state index contributed by atoms with van der Waals surface area (Å²) in [5, 5.41) is 11.2. The standard InChI is InChI=1S/C22H34N6O3/c1-15(2)13-28-18(5)19(17(4)24-28)6-7-22(30)27-10-8-26(9-11-27)14-21(29)23-20-12-16(3)31-25-20/h12,15H,6-11,13-14H2,1-5H3,(H,23,25,29). The minimum Gasteiger partial charge on any atom is -0.360 e. The molecule has 1 N–H and O–H groups in total. The summed E-state index contributed by atoms with van der Waals surface area (Å²) in [5.41, 5.74) is 3.37. The molecule has 0 unspecified atom stereocenters. The number of nitrogens with zero attached hydrogens (tertiary/aromatic N) is 5. The van der Waals surface area contributed by atoms with Crippen molar-refractivity contribution in [2.75, 3.05) is 38.0 Å². The molecule has 2 amide bonds. The molecule has 1 fully saturated rings. The van der Waals surface area contributed by atoms with Crippen LogP contribution >= 0.6 is 0 Å². The van der Waals surface area contributed by atoms with E-state index in [0.717, 1.165) is 17.9 Å². The van der Waals surface area contributed by atoms with E-state index in [1.807, 2.05) is 11.8 Å². The number of anilines is 1. The number of aromatic nitrogens is 3. The van der Waals surface area contributed by atoms with Crippen LogP contribution in [0.2, 0.25) is 0 Å². The Labute approximate surface area is 183 Å². The number of carbonyl (C=O) groups is 2. The van der Waals surface area contributed by atoms with Crippen molar-refractivity contribution in [1.29, 1.82) is 0 Å². The number of aryl methyl sites for hydroxylation is 2. The second kappa shape index (κ2) is 10.1. The normalized spacial score (nSPS) is 15.0. The molecule has 1 aliphatic heterocycles. The molecule has 0 radical (unpaired) electrons. The summed E-state index contributed by atoms with van der Waals surface area (Å²) in [4.78, 5) is 28.9. The van der Waals surface area contributed by atoms with E-state index in [4.69, 9.17) is 4.52 Å². The van der Waals surface area contributed by atoms with Crippen LogP contribution in [0.3, 0.4) is 0 Å². The Bertz CT molecular complexity index is 908. The minimum atomic E-state index is -0.127. The summed E-state index contributed by atoms with van der Waals surface area (Å²) in [6.07, 6.45) is 1.20. The highest BCUT2D eigenvalue weighted by Crippen LogP contribution is 2.17. The highest BCUT2D eigenvalue weighted by Gasteiger charge is 2.23. The molecule has 2 aromatic rings. The largest absolute Gasteiger partial charge is 0.360 e. The maximum Gasteiger partial charge on any atom is 0.239 e. The van der Waals surface area contributed by atoms with Crippen LogP contribution in [-0.2, 0) is 22.6 Å². The molecule has 1 aliphatic rings. The van der Waals surface area contributed by atoms with E-state index in [2.05, 4.69) is 45.9 Å². The van der Waals surface area contributed by atoms with Gasteiger partial charge in [-0.2, -0.15) is 5.10 Å². The monoisotopic (exact) mass is 430 g/mol. The predicted molar refractivity (Wildman–Crippen MR) is 118 cm³/mol.